The maximum absolute atomic E-state index is 13.0. The van der Waals surface area contributed by atoms with Gasteiger partial charge in [-0.25, -0.2) is 9.18 Å². The lowest BCUT2D eigenvalue weighted by Gasteiger charge is -2.29. The Balaban J connectivity index is 2.78. The Morgan fingerprint density at radius 2 is 1.82 bits per heavy atom. The smallest absolute Gasteiger partial charge is 0.410 e. The zero-order valence-electron chi connectivity index (χ0n) is 9.84. The summed E-state index contributed by atoms with van der Waals surface area (Å²) in [6.45, 7) is 4.04. The summed E-state index contributed by atoms with van der Waals surface area (Å²) in [7, 11) is 0. The van der Waals surface area contributed by atoms with E-state index in [2.05, 4.69) is 0 Å². The predicted molar refractivity (Wildman–Crippen MR) is 52.3 cm³/mol. The Kier molecular flexibility index (Phi) is 3.59. The van der Waals surface area contributed by atoms with Crippen LogP contribution in [0.1, 0.15) is 27.2 Å². The molecule has 0 aliphatic carbocycles. The van der Waals surface area contributed by atoms with Crippen LogP contribution in [-0.4, -0.2) is 41.5 Å². The SMILES string of the molecule is CC(C)(C)OC(=O)N1C[C@@H](F)C[C@H]1C(F)(F)F. The van der Waals surface area contributed by atoms with E-state index in [-0.39, 0.29) is 0 Å². The maximum atomic E-state index is 13.0. The molecule has 100 valence electrons. The van der Waals surface area contributed by atoms with Crippen LogP contribution < -0.4 is 0 Å². The van der Waals surface area contributed by atoms with Gasteiger partial charge in [0.25, 0.3) is 0 Å². The molecule has 1 heterocycles. The van der Waals surface area contributed by atoms with Gasteiger partial charge in [-0.15, -0.1) is 0 Å². The minimum atomic E-state index is -4.63. The fourth-order valence-electron chi connectivity index (χ4n) is 1.62. The highest BCUT2D eigenvalue weighted by Gasteiger charge is 2.52. The van der Waals surface area contributed by atoms with E-state index in [0.29, 0.717) is 4.90 Å². The molecule has 0 spiro atoms. The molecule has 0 aromatic heterocycles. The van der Waals surface area contributed by atoms with Crippen molar-refractivity contribution in [3.05, 3.63) is 0 Å². The molecule has 0 unspecified atom stereocenters. The van der Waals surface area contributed by atoms with Gasteiger partial charge in [0.05, 0.1) is 6.54 Å². The second-order valence-corrected chi connectivity index (χ2v) is 5.02. The van der Waals surface area contributed by atoms with Gasteiger partial charge in [-0.1, -0.05) is 0 Å². The van der Waals surface area contributed by atoms with E-state index in [1.165, 1.54) is 20.8 Å². The summed E-state index contributed by atoms with van der Waals surface area (Å²) in [5.74, 6) is 0. The predicted octanol–water partition coefficient (Wildman–Crippen LogP) is 2.90. The molecule has 17 heavy (non-hydrogen) atoms. The van der Waals surface area contributed by atoms with Crippen molar-refractivity contribution in [1.82, 2.24) is 4.90 Å². The van der Waals surface area contributed by atoms with Gasteiger partial charge in [-0.05, 0) is 20.8 Å². The third kappa shape index (κ3) is 3.74. The van der Waals surface area contributed by atoms with Gasteiger partial charge in [0.1, 0.15) is 17.8 Å². The number of nitrogens with zero attached hydrogens (tertiary/aromatic N) is 1. The molecule has 1 fully saturated rings. The molecule has 1 aliphatic rings. The molecule has 3 nitrogen and oxygen atoms in total. The second kappa shape index (κ2) is 4.34. The van der Waals surface area contributed by atoms with Crippen LogP contribution in [0.3, 0.4) is 0 Å². The summed E-state index contributed by atoms with van der Waals surface area (Å²) in [5, 5.41) is 0. The lowest BCUT2D eigenvalue weighted by Crippen LogP contribution is -2.46. The molecule has 0 aromatic carbocycles. The fourth-order valence-corrected chi connectivity index (χ4v) is 1.62. The molecular formula is C10H15F4NO2. The van der Waals surface area contributed by atoms with Crippen molar-refractivity contribution in [3.8, 4) is 0 Å². The second-order valence-electron chi connectivity index (χ2n) is 5.02. The molecule has 0 aromatic rings. The molecular weight excluding hydrogens is 242 g/mol. The van der Waals surface area contributed by atoms with Gasteiger partial charge in [0, 0.05) is 6.42 Å². The van der Waals surface area contributed by atoms with E-state index >= 15 is 0 Å². The van der Waals surface area contributed by atoms with Gasteiger partial charge >= 0.3 is 12.3 Å². The van der Waals surface area contributed by atoms with Crippen LogP contribution >= 0.6 is 0 Å². The fraction of sp³-hybridized carbons (Fsp3) is 0.900. The topological polar surface area (TPSA) is 29.5 Å². The highest BCUT2D eigenvalue weighted by Crippen LogP contribution is 2.34. The maximum Gasteiger partial charge on any atom is 0.410 e. The molecule has 0 saturated carbocycles. The number of hydrogen-bond acceptors (Lipinski definition) is 2. The zero-order valence-corrected chi connectivity index (χ0v) is 9.84. The highest BCUT2D eigenvalue weighted by atomic mass is 19.4. The third-order valence-electron chi connectivity index (χ3n) is 2.26. The Morgan fingerprint density at radius 1 is 1.29 bits per heavy atom. The largest absolute Gasteiger partial charge is 0.444 e. The van der Waals surface area contributed by atoms with E-state index < -0.39 is 43.0 Å². The van der Waals surface area contributed by atoms with Crippen molar-refractivity contribution in [2.45, 2.75) is 51.2 Å². The zero-order chi connectivity index (χ0) is 13.4. The molecule has 0 N–H and O–H groups in total. The number of likely N-dealkylation sites (tertiary alicyclic amines) is 1. The van der Waals surface area contributed by atoms with Crippen molar-refractivity contribution >= 4 is 6.09 Å². The first kappa shape index (κ1) is 14.1. The first-order valence-corrected chi connectivity index (χ1v) is 5.21. The van der Waals surface area contributed by atoms with Gasteiger partial charge in [0.15, 0.2) is 0 Å². The van der Waals surface area contributed by atoms with Crippen LogP contribution in [-0.2, 0) is 4.74 Å². The minimum Gasteiger partial charge on any atom is -0.444 e. The molecule has 1 aliphatic heterocycles. The first-order chi connectivity index (χ1) is 7.50. The summed E-state index contributed by atoms with van der Waals surface area (Å²) in [5.41, 5.74) is -0.901. The van der Waals surface area contributed by atoms with Crippen molar-refractivity contribution < 1.29 is 27.1 Å². The number of amides is 1. The number of alkyl halides is 4. The monoisotopic (exact) mass is 257 g/mol. The highest BCUT2D eigenvalue weighted by molar-refractivity contribution is 5.69. The van der Waals surface area contributed by atoms with Crippen LogP contribution in [0, 0.1) is 0 Å². The lowest BCUT2D eigenvalue weighted by molar-refractivity contribution is -0.173. The Labute approximate surface area is 96.7 Å². The van der Waals surface area contributed by atoms with E-state index in [0.717, 1.165) is 0 Å². The summed E-state index contributed by atoms with van der Waals surface area (Å²) in [4.78, 5) is 11.9. The number of carbonyl (C=O) groups is 1. The molecule has 0 radical (unpaired) electrons. The molecule has 1 amide bonds. The number of hydrogen-bond donors (Lipinski definition) is 0. The van der Waals surface area contributed by atoms with Crippen LogP contribution in [0.15, 0.2) is 0 Å². The number of halogens is 4. The first-order valence-electron chi connectivity index (χ1n) is 5.21. The van der Waals surface area contributed by atoms with E-state index in [4.69, 9.17) is 4.74 Å². The van der Waals surface area contributed by atoms with Gasteiger partial charge in [-0.3, -0.25) is 4.90 Å². The molecule has 2 atom stereocenters. The van der Waals surface area contributed by atoms with Crippen molar-refractivity contribution in [3.63, 3.8) is 0 Å². The Bertz CT molecular complexity index is 298. The molecule has 1 saturated heterocycles. The van der Waals surface area contributed by atoms with E-state index in [1.807, 2.05) is 0 Å². The van der Waals surface area contributed by atoms with Gasteiger partial charge in [0.2, 0.25) is 0 Å². The van der Waals surface area contributed by atoms with Crippen molar-refractivity contribution in [2.75, 3.05) is 6.54 Å². The summed E-state index contributed by atoms with van der Waals surface area (Å²) < 4.78 is 55.5. The number of rotatable bonds is 0. The average molecular weight is 257 g/mol. The molecule has 1 rings (SSSR count). The molecule has 7 heteroatoms. The Hall–Kier alpha value is -1.01. The average Bonchev–Trinajstić information content (AvgIpc) is 2.43. The minimum absolute atomic E-state index is 0.413. The van der Waals surface area contributed by atoms with Crippen LogP contribution in [0.25, 0.3) is 0 Å². The third-order valence-corrected chi connectivity index (χ3v) is 2.26. The van der Waals surface area contributed by atoms with Crippen LogP contribution in [0.4, 0.5) is 22.4 Å². The summed E-state index contributed by atoms with van der Waals surface area (Å²) in [6.07, 6.45) is -8.13. The van der Waals surface area contributed by atoms with Crippen molar-refractivity contribution in [2.24, 2.45) is 0 Å². The lowest BCUT2D eigenvalue weighted by atomic mass is 10.2. The standard InChI is InChI=1S/C10H15F4NO2/c1-9(2,3)17-8(16)15-5-6(11)4-7(15)10(12,13)14/h6-7H,4-5H2,1-3H3/t6-,7-/m0/s1. The normalized spacial score (nSPS) is 26.2. The quantitative estimate of drug-likeness (QED) is 0.624. The number of ether oxygens (including phenoxy) is 1. The van der Waals surface area contributed by atoms with Gasteiger partial charge in [-0.2, -0.15) is 13.2 Å². The van der Waals surface area contributed by atoms with E-state index in [9.17, 15) is 22.4 Å². The summed E-state index contributed by atoms with van der Waals surface area (Å²) in [6, 6.07) is -2.09. The molecule has 0 bridgehead atoms. The number of carbonyl (C=O) groups excluding carboxylic acids is 1. The summed E-state index contributed by atoms with van der Waals surface area (Å²) >= 11 is 0. The van der Waals surface area contributed by atoms with E-state index in [1.54, 1.807) is 0 Å². The van der Waals surface area contributed by atoms with Crippen molar-refractivity contribution in [1.29, 1.82) is 0 Å². The van der Waals surface area contributed by atoms with Crippen LogP contribution in [0.5, 0.6) is 0 Å². The van der Waals surface area contributed by atoms with Gasteiger partial charge < -0.3 is 4.74 Å². The van der Waals surface area contributed by atoms with Crippen LogP contribution in [0.2, 0.25) is 0 Å². The Morgan fingerprint density at radius 3 is 2.24 bits per heavy atom.